The van der Waals surface area contributed by atoms with Crippen molar-refractivity contribution in [2.24, 2.45) is 0 Å². The fourth-order valence-corrected chi connectivity index (χ4v) is 6.52. The van der Waals surface area contributed by atoms with Gasteiger partial charge in [0.25, 0.3) is 0 Å². The fourth-order valence-electron chi connectivity index (χ4n) is 6.15. The number of likely N-dealkylation sites (tertiary alicyclic amines) is 2. The number of anilines is 1. The molecule has 1 aliphatic carbocycles. The Hall–Kier alpha value is -4.03. The Bertz CT molecular complexity index is 1640. The second kappa shape index (κ2) is 11.6. The molecule has 12 nitrogen and oxygen atoms in total. The number of halogens is 1. The van der Waals surface area contributed by atoms with Crippen LogP contribution in [0.4, 0.5) is 10.6 Å². The van der Waals surface area contributed by atoms with Gasteiger partial charge in [0, 0.05) is 42.0 Å². The van der Waals surface area contributed by atoms with E-state index >= 15 is 0 Å². The van der Waals surface area contributed by atoms with E-state index in [0.717, 1.165) is 61.6 Å². The number of phenolic OH excluding ortho intramolecular Hbond substituents is 1. The number of pyridine rings is 1. The van der Waals surface area contributed by atoms with Gasteiger partial charge in [0.05, 0.1) is 16.6 Å². The maximum atomic E-state index is 12.7. The Morgan fingerprint density at radius 1 is 1.12 bits per heavy atom. The number of rotatable bonds is 7. The summed E-state index contributed by atoms with van der Waals surface area (Å²) in [6.45, 7) is 2.74. The van der Waals surface area contributed by atoms with Crippen LogP contribution >= 0.6 is 11.6 Å². The molecule has 43 heavy (non-hydrogen) atoms. The van der Waals surface area contributed by atoms with E-state index < -0.39 is 0 Å². The average molecular weight is 604 g/mol. The number of carbonyl (C=O) groups is 1. The minimum atomic E-state index is -0.176. The lowest BCUT2D eigenvalue weighted by Gasteiger charge is -2.32. The molecule has 224 valence electrons. The number of piperidine rings is 1. The highest BCUT2D eigenvalue weighted by atomic mass is 35.5. The molecule has 0 spiro atoms. The quantitative estimate of drug-likeness (QED) is 0.310. The summed E-state index contributed by atoms with van der Waals surface area (Å²) in [4.78, 5) is 35.1. The Labute approximate surface area is 254 Å². The monoisotopic (exact) mass is 603 g/mol. The third-order valence-corrected chi connectivity index (χ3v) is 9.05. The van der Waals surface area contributed by atoms with Crippen LogP contribution < -0.4 is 10.1 Å². The number of carbonyl (C=O) groups excluding carboxylic acids is 1. The van der Waals surface area contributed by atoms with Crippen molar-refractivity contribution in [2.45, 2.75) is 56.5 Å². The van der Waals surface area contributed by atoms with Crippen LogP contribution in [0, 0.1) is 0 Å². The van der Waals surface area contributed by atoms with E-state index in [1.807, 2.05) is 6.07 Å². The van der Waals surface area contributed by atoms with Crippen molar-refractivity contribution in [3.05, 3.63) is 47.6 Å². The number of amides is 1. The molecule has 0 bridgehead atoms. The number of benzene rings is 1. The summed E-state index contributed by atoms with van der Waals surface area (Å²) in [7, 11) is 2.12. The number of fused-ring (bicyclic) bond motifs is 1. The summed E-state index contributed by atoms with van der Waals surface area (Å²) in [6, 6.07) is 5.81. The normalized spacial score (nSPS) is 19.7. The first-order valence-electron chi connectivity index (χ1n) is 14.9. The van der Waals surface area contributed by atoms with Crippen LogP contribution in [0.5, 0.6) is 11.8 Å². The Balaban J connectivity index is 1.18. The summed E-state index contributed by atoms with van der Waals surface area (Å²) in [5.41, 5.74) is 3.23. The number of nitrogens with zero attached hydrogens (tertiary/aromatic N) is 8. The molecule has 0 unspecified atom stereocenters. The summed E-state index contributed by atoms with van der Waals surface area (Å²) in [6.07, 6.45) is 10.4. The van der Waals surface area contributed by atoms with Gasteiger partial charge in [-0.3, -0.25) is 4.98 Å². The van der Waals surface area contributed by atoms with Crippen molar-refractivity contribution in [3.63, 3.8) is 0 Å². The van der Waals surface area contributed by atoms with Crippen molar-refractivity contribution >= 4 is 34.4 Å². The van der Waals surface area contributed by atoms with E-state index in [-0.39, 0.29) is 17.8 Å². The van der Waals surface area contributed by atoms with Gasteiger partial charge in [0.1, 0.15) is 30.8 Å². The number of ether oxygens (including phenoxy) is 1. The predicted molar refractivity (Wildman–Crippen MR) is 162 cm³/mol. The molecule has 3 aliphatic rings. The zero-order valence-electron chi connectivity index (χ0n) is 24.0. The van der Waals surface area contributed by atoms with Gasteiger partial charge in [-0.25, -0.2) is 9.78 Å². The molecule has 0 radical (unpaired) electrons. The average Bonchev–Trinajstić information content (AvgIpc) is 3.50. The lowest BCUT2D eigenvalue weighted by atomic mass is 9.99. The smallest absolute Gasteiger partial charge is 0.346 e. The molecule has 1 atom stereocenters. The number of phenols is 1. The third kappa shape index (κ3) is 5.81. The molecule has 2 N–H and O–H groups in total. The van der Waals surface area contributed by atoms with Crippen molar-refractivity contribution < 1.29 is 14.6 Å². The fraction of sp³-hybridized carbons (Fsp3) is 0.467. The van der Waals surface area contributed by atoms with Gasteiger partial charge >= 0.3 is 12.0 Å². The molecule has 5 heterocycles. The van der Waals surface area contributed by atoms with Gasteiger partial charge in [-0.05, 0) is 81.8 Å². The van der Waals surface area contributed by atoms with Gasteiger partial charge in [0.2, 0.25) is 0 Å². The number of hydrogen-bond acceptors (Lipinski definition) is 10. The molecule has 3 fully saturated rings. The molecular weight excluding hydrogens is 570 g/mol. The van der Waals surface area contributed by atoms with Crippen LogP contribution in [0.1, 0.15) is 50.0 Å². The third-order valence-electron chi connectivity index (χ3n) is 8.73. The maximum Gasteiger partial charge on any atom is 0.346 e. The number of aromatic hydroxyl groups is 1. The highest BCUT2D eigenvalue weighted by molar-refractivity contribution is 6.32. The molecule has 1 aromatic carbocycles. The van der Waals surface area contributed by atoms with Crippen molar-refractivity contribution in [2.75, 3.05) is 38.6 Å². The summed E-state index contributed by atoms with van der Waals surface area (Å²) >= 11 is 6.59. The van der Waals surface area contributed by atoms with E-state index in [4.69, 9.17) is 31.3 Å². The second-order valence-corrected chi connectivity index (χ2v) is 12.1. The molecule has 2 aliphatic heterocycles. The maximum absolute atomic E-state index is 12.7. The van der Waals surface area contributed by atoms with Crippen LogP contribution in [0.25, 0.3) is 22.2 Å². The Morgan fingerprint density at radius 3 is 2.67 bits per heavy atom. The van der Waals surface area contributed by atoms with Crippen LogP contribution in [-0.4, -0.2) is 96.0 Å². The minimum absolute atomic E-state index is 0.0951. The Kier molecular flexibility index (Phi) is 7.48. The van der Waals surface area contributed by atoms with E-state index in [1.54, 1.807) is 23.2 Å². The SMILES string of the molecule is CN1CCC[C@H]1COc1nc(NC2CCN(C(=O)n3cncn3)CC2)c2cnc(-c3cc(O)cc(Cl)c3C3CC3)cc2n1. The first-order valence-corrected chi connectivity index (χ1v) is 15.2. The lowest BCUT2D eigenvalue weighted by Crippen LogP contribution is -2.44. The van der Waals surface area contributed by atoms with Gasteiger partial charge in [0.15, 0.2) is 0 Å². The largest absolute Gasteiger partial charge is 0.508 e. The molecule has 1 saturated carbocycles. The number of likely N-dealkylation sites (N-methyl/N-ethyl adjacent to an activating group) is 1. The van der Waals surface area contributed by atoms with Gasteiger partial charge in [-0.15, -0.1) is 0 Å². The van der Waals surface area contributed by atoms with Crippen molar-refractivity contribution in [1.29, 1.82) is 0 Å². The standard InChI is InChI=1S/C30H34ClN9O3/c1-38-8-2-3-20(38)15-43-29-36-26-13-25(22-11-21(41)12-24(31)27(22)18-4-5-18)33-14-23(26)28(37-29)35-19-6-9-39(10-7-19)30(42)40-17-32-16-34-40/h11-14,16-20,41H,2-10,15H2,1H3,(H,35,36,37)/t20-/m0/s1. The number of nitrogens with one attached hydrogen (secondary N) is 1. The predicted octanol–water partition coefficient (Wildman–Crippen LogP) is 4.54. The van der Waals surface area contributed by atoms with Gasteiger partial charge < -0.3 is 25.0 Å². The van der Waals surface area contributed by atoms with Crippen LogP contribution in [0.15, 0.2) is 37.1 Å². The van der Waals surface area contributed by atoms with Crippen molar-refractivity contribution in [3.8, 4) is 23.0 Å². The van der Waals surface area contributed by atoms with Gasteiger partial charge in [-0.2, -0.15) is 19.7 Å². The molecular formula is C30H34ClN9O3. The molecule has 2 saturated heterocycles. The van der Waals surface area contributed by atoms with E-state index in [1.165, 1.54) is 17.3 Å². The Morgan fingerprint density at radius 2 is 1.95 bits per heavy atom. The van der Waals surface area contributed by atoms with E-state index in [0.29, 0.717) is 59.7 Å². The zero-order valence-corrected chi connectivity index (χ0v) is 24.7. The highest BCUT2D eigenvalue weighted by Crippen LogP contribution is 2.48. The minimum Gasteiger partial charge on any atom is -0.508 e. The number of aromatic nitrogens is 6. The molecule has 13 heteroatoms. The molecule has 7 rings (SSSR count). The van der Waals surface area contributed by atoms with Crippen LogP contribution in [0.3, 0.4) is 0 Å². The topological polar surface area (TPSA) is 134 Å². The van der Waals surface area contributed by atoms with E-state index in [2.05, 4.69) is 27.3 Å². The molecule has 4 aromatic rings. The second-order valence-electron chi connectivity index (χ2n) is 11.7. The zero-order chi connectivity index (χ0) is 29.5. The van der Waals surface area contributed by atoms with Crippen molar-refractivity contribution in [1.82, 2.24) is 39.5 Å². The summed E-state index contributed by atoms with van der Waals surface area (Å²) < 4.78 is 7.45. The van der Waals surface area contributed by atoms with Crippen LogP contribution in [-0.2, 0) is 0 Å². The van der Waals surface area contributed by atoms with Crippen LogP contribution in [0.2, 0.25) is 5.02 Å². The molecule has 1 amide bonds. The highest BCUT2D eigenvalue weighted by Gasteiger charge is 2.30. The number of hydrogen-bond donors (Lipinski definition) is 2. The first kappa shape index (κ1) is 27.8. The molecule has 3 aromatic heterocycles. The van der Waals surface area contributed by atoms with Gasteiger partial charge in [-0.1, -0.05) is 11.6 Å². The summed E-state index contributed by atoms with van der Waals surface area (Å²) in [5, 5.41) is 19.3. The van der Waals surface area contributed by atoms with E-state index in [9.17, 15) is 9.90 Å². The lowest BCUT2D eigenvalue weighted by molar-refractivity contribution is 0.182. The first-order chi connectivity index (χ1) is 20.9. The summed E-state index contributed by atoms with van der Waals surface area (Å²) in [5.74, 6) is 1.12.